The number of halogens is 2. The van der Waals surface area contributed by atoms with E-state index in [0.29, 0.717) is 0 Å². The summed E-state index contributed by atoms with van der Waals surface area (Å²) in [6, 6.07) is 4.07. The molecule has 20 heavy (non-hydrogen) atoms. The van der Waals surface area contributed by atoms with Gasteiger partial charge in [0.25, 0.3) is 5.91 Å². The molecule has 0 heterocycles. The summed E-state index contributed by atoms with van der Waals surface area (Å²) < 4.78 is 18.4. The van der Waals surface area contributed by atoms with Gasteiger partial charge in [0.15, 0.2) is 6.61 Å². The Labute approximate surface area is 121 Å². The van der Waals surface area contributed by atoms with Crippen LogP contribution in [0.3, 0.4) is 0 Å². The number of hydrogen-bond donors (Lipinski definition) is 1. The molecule has 0 spiro atoms. The summed E-state index contributed by atoms with van der Waals surface area (Å²) in [6.07, 6.45) is 7.96. The van der Waals surface area contributed by atoms with Crippen molar-refractivity contribution in [3.8, 4) is 18.1 Å². The first-order valence-electron chi connectivity index (χ1n) is 6.33. The van der Waals surface area contributed by atoms with Crippen LogP contribution in [-0.2, 0) is 4.79 Å². The Morgan fingerprint density at radius 2 is 2.20 bits per heavy atom. The third kappa shape index (κ3) is 2.12. The van der Waals surface area contributed by atoms with Crippen molar-refractivity contribution in [1.29, 1.82) is 0 Å². The molecule has 3 nitrogen and oxygen atoms in total. The van der Waals surface area contributed by atoms with Gasteiger partial charge in [-0.3, -0.25) is 4.79 Å². The Morgan fingerprint density at radius 1 is 1.50 bits per heavy atom. The first-order chi connectivity index (χ1) is 9.46. The number of benzene rings is 1. The van der Waals surface area contributed by atoms with Crippen LogP contribution in [0, 0.1) is 23.6 Å². The van der Waals surface area contributed by atoms with E-state index >= 15 is 0 Å². The smallest absolute Gasteiger partial charge is 0.258 e. The van der Waals surface area contributed by atoms with E-state index in [9.17, 15) is 9.18 Å². The maximum Gasteiger partial charge on any atom is 0.258 e. The van der Waals surface area contributed by atoms with Crippen molar-refractivity contribution in [2.75, 3.05) is 6.61 Å². The fourth-order valence-electron chi connectivity index (χ4n) is 3.12. The molecule has 1 amide bonds. The van der Waals surface area contributed by atoms with Gasteiger partial charge in [0, 0.05) is 17.0 Å². The average molecular weight is 294 g/mol. The molecule has 1 aromatic carbocycles. The highest BCUT2D eigenvalue weighted by Crippen LogP contribution is 2.66. The van der Waals surface area contributed by atoms with Crippen LogP contribution in [0.5, 0.6) is 5.75 Å². The van der Waals surface area contributed by atoms with E-state index in [-0.39, 0.29) is 34.2 Å². The first-order valence-corrected chi connectivity index (χ1v) is 6.70. The molecule has 0 saturated heterocycles. The molecule has 1 aromatic rings. The van der Waals surface area contributed by atoms with Gasteiger partial charge < -0.3 is 10.1 Å². The molecule has 0 unspecified atom stereocenters. The van der Waals surface area contributed by atoms with Crippen LogP contribution in [0.1, 0.15) is 19.3 Å². The molecule has 4 rings (SSSR count). The summed E-state index contributed by atoms with van der Waals surface area (Å²) in [5, 5.41) is 2.96. The second-order valence-electron chi connectivity index (χ2n) is 5.65. The molecule has 3 aliphatic carbocycles. The van der Waals surface area contributed by atoms with Gasteiger partial charge in [0.05, 0.1) is 5.02 Å². The quantitative estimate of drug-likeness (QED) is 0.867. The van der Waals surface area contributed by atoms with Crippen molar-refractivity contribution in [3.05, 3.63) is 29.0 Å². The maximum absolute atomic E-state index is 13.2. The molecule has 0 aromatic heterocycles. The molecular weight excluding hydrogens is 281 g/mol. The van der Waals surface area contributed by atoms with E-state index in [1.165, 1.54) is 12.1 Å². The van der Waals surface area contributed by atoms with Gasteiger partial charge in [0.1, 0.15) is 11.6 Å². The molecule has 1 N–H and O–H groups in total. The Kier molecular flexibility index (Phi) is 2.91. The Balaban J connectivity index is 1.49. The summed E-state index contributed by atoms with van der Waals surface area (Å²) >= 11 is 5.56. The van der Waals surface area contributed by atoms with Gasteiger partial charge in [-0.1, -0.05) is 17.5 Å². The second kappa shape index (κ2) is 4.39. The average Bonchev–Trinajstić information content (AvgIpc) is 2.33. The zero-order valence-corrected chi connectivity index (χ0v) is 11.5. The molecule has 0 aliphatic heterocycles. The highest BCUT2D eigenvalue weighted by molar-refractivity contribution is 6.30. The molecule has 3 fully saturated rings. The van der Waals surface area contributed by atoms with Crippen LogP contribution < -0.4 is 10.1 Å². The minimum Gasteiger partial charge on any atom is -0.484 e. The number of terminal acetylenes is 1. The second-order valence-corrected chi connectivity index (χ2v) is 6.06. The lowest BCUT2D eigenvalue weighted by atomic mass is 9.40. The molecule has 0 atom stereocenters. The van der Waals surface area contributed by atoms with E-state index in [2.05, 4.69) is 11.2 Å². The molecule has 0 radical (unpaired) electrons. The zero-order chi connectivity index (χ0) is 14.4. The van der Waals surface area contributed by atoms with Crippen LogP contribution in [0.2, 0.25) is 5.02 Å². The number of rotatable bonds is 4. The van der Waals surface area contributed by atoms with Crippen LogP contribution in [-0.4, -0.2) is 18.1 Å². The molecule has 3 saturated carbocycles. The van der Waals surface area contributed by atoms with Crippen LogP contribution in [0.4, 0.5) is 4.39 Å². The number of carbonyl (C=O) groups is 1. The first kappa shape index (κ1) is 13.3. The van der Waals surface area contributed by atoms with Crippen molar-refractivity contribution in [2.45, 2.75) is 24.8 Å². The van der Waals surface area contributed by atoms with Gasteiger partial charge >= 0.3 is 0 Å². The summed E-state index contributed by atoms with van der Waals surface area (Å²) in [5.41, 5.74) is -0.106. The topological polar surface area (TPSA) is 38.3 Å². The van der Waals surface area contributed by atoms with Crippen LogP contribution in [0.15, 0.2) is 18.2 Å². The minimum atomic E-state index is -0.569. The Bertz CT molecular complexity index is 603. The van der Waals surface area contributed by atoms with Crippen molar-refractivity contribution >= 4 is 17.5 Å². The monoisotopic (exact) mass is 293 g/mol. The highest BCUT2D eigenvalue weighted by atomic mass is 35.5. The summed E-state index contributed by atoms with van der Waals surface area (Å²) in [4.78, 5) is 11.8. The van der Waals surface area contributed by atoms with E-state index in [1.807, 2.05) is 0 Å². The van der Waals surface area contributed by atoms with Crippen LogP contribution in [0.25, 0.3) is 0 Å². The van der Waals surface area contributed by atoms with Crippen molar-refractivity contribution in [1.82, 2.24) is 5.32 Å². The molecule has 5 heteroatoms. The third-order valence-corrected chi connectivity index (χ3v) is 4.31. The van der Waals surface area contributed by atoms with E-state index in [1.54, 1.807) is 0 Å². The summed E-state index contributed by atoms with van der Waals surface area (Å²) in [7, 11) is 0. The normalized spacial score (nSPS) is 29.6. The third-order valence-electron chi connectivity index (χ3n) is 4.00. The standard InChI is InChI=1S/C15H13ClFNO2/c1-2-14-7-15(8-14,9-14)18-13(19)6-20-10-3-4-11(16)12(17)5-10/h1,3-5H,6-9H2,(H,18,19). The number of carbonyl (C=O) groups excluding carboxylic acids is 1. The highest BCUT2D eigenvalue weighted by Gasteiger charge is 2.67. The Morgan fingerprint density at radius 3 is 2.80 bits per heavy atom. The fraction of sp³-hybridized carbons (Fsp3) is 0.400. The van der Waals surface area contributed by atoms with Crippen molar-refractivity contribution < 1.29 is 13.9 Å². The van der Waals surface area contributed by atoms with Crippen molar-refractivity contribution in [3.63, 3.8) is 0 Å². The van der Waals surface area contributed by atoms with Gasteiger partial charge in [0.2, 0.25) is 0 Å². The van der Waals surface area contributed by atoms with Gasteiger partial charge in [-0.05, 0) is 31.4 Å². The predicted octanol–water partition coefficient (Wildman–Crippen LogP) is 2.53. The lowest BCUT2D eigenvalue weighted by molar-refractivity contribution is -0.145. The lowest BCUT2D eigenvalue weighted by Gasteiger charge is -2.68. The van der Waals surface area contributed by atoms with E-state index < -0.39 is 5.82 Å². The van der Waals surface area contributed by atoms with Crippen LogP contribution >= 0.6 is 11.6 Å². The number of ether oxygens (including phenoxy) is 1. The predicted molar refractivity (Wildman–Crippen MR) is 72.9 cm³/mol. The Hall–Kier alpha value is -1.73. The van der Waals surface area contributed by atoms with Crippen molar-refractivity contribution in [2.24, 2.45) is 5.41 Å². The molecular formula is C15H13ClFNO2. The van der Waals surface area contributed by atoms with E-state index in [0.717, 1.165) is 25.3 Å². The van der Waals surface area contributed by atoms with E-state index in [4.69, 9.17) is 22.8 Å². The number of nitrogens with one attached hydrogen (secondary N) is 1. The lowest BCUT2D eigenvalue weighted by Crippen LogP contribution is -2.74. The van der Waals surface area contributed by atoms with Gasteiger partial charge in [-0.25, -0.2) is 4.39 Å². The number of amides is 1. The molecule has 2 bridgehead atoms. The molecule has 104 valence electrons. The summed E-state index contributed by atoms with van der Waals surface area (Å²) in [5.74, 6) is 2.27. The largest absolute Gasteiger partial charge is 0.484 e. The molecule has 3 aliphatic rings. The number of hydrogen-bond acceptors (Lipinski definition) is 2. The van der Waals surface area contributed by atoms with Gasteiger partial charge in [-0.2, -0.15) is 0 Å². The fourth-order valence-corrected chi connectivity index (χ4v) is 3.24. The minimum absolute atomic E-state index is 0.0213. The SMILES string of the molecule is C#CC12CC(NC(=O)COc3ccc(Cl)c(F)c3)(C1)C2. The zero-order valence-electron chi connectivity index (χ0n) is 10.7. The maximum atomic E-state index is 13.2. The summed E-state index contributed by atoms with van der Waals surface area (Å²) in [6.45, 7) is -0.147. The van der Waals surface area contributed by atoms with Gasteiger partial charge in [-0.15, -0.1) is 6.42 Å².